The minimum atomic E-state index is -0.475. The van der Waals surface area contributed by atoms with Crippen LogP contribution in [-0.2, 0) is 0 Å². The van der Waals surface area contributed by atoms with E-state index in [1.165, 1.54) is 12.8 Å². The van der Waals surface area contributed by atoms with E-state index >= 15 is 0 Å². The summed E-state index contributed by atoms with van der Waals surface area (Å²) in [7, 11) is 0. The Labute approximate surface area is 104 Å². The summed E-state index contributed by atoms with van der Waals surface area (Å²) in [6.45, 7) is 2.13. The third-order valence-corrected chi connectivity index (χ3v) is 1.95. The molecule has 0 aliphatic rings. The van der Waals surface area contributed by atoms with E-state index in [2.05, 4.69) is 18.5 Å². The van der Waals surface area contributed by atoms with Crippen LogP contribution in [0, 0.1) is 10.4 Å². The van der Waals surface area contributed by atoms with Crippen LogP contribution in [0.5, 0.6) is 0 Å². The number of hydrogen-bond donors (Lipinski definition) is 0. The molecule has 0 fully saturated rings. The molecule has 0 amide bonds. The first-order chi connectivity index (χ1) is 7.08. The summed E-state index contributed by atoms with van der Waals surface area (Å²) in [5.74, 6) is 4.42. The van der Waals surface area contributed by atoms with Gasteiger partial charge in [0, 0.05) is 0 Å². The number of alkyl halides is 1. The van der Waals surface area contributed by atoms with Gasteiger partial charge in [0.2, 0.25) is 0 Å². The first-order valence-corrected chi connectivity index (χ1v) is 8.19. The molecule has 88 valence electrons. The van der Waals surface area contributed by atoms with Gasteiger partial charge in [-0.15, -0.1) is 11.6 Å². The third-order valence-electron chi connectivity index (χ3n) is 1.62. The summed E-state index contributed by atoms with van der Waals surface area (Å²) in [6.07, 6.45) is 6.11. The molecule has 1 unspecified atom stereocenters. The van der Waals surface area contributed by atoms with Gasteiger partial charge in [0.05, 0.1) is 0 Å². The molecule has 3 nitrogen and oxygen atoms in total. The zero-order valence-electron chi connectivity index (χ0n) is 9.91. The first kappa shape index (κ1) is 17.5. The molecular weight excluding hydrogens is 229 g/mol. The van der Waals surface area contributed by atoms with Gasteiger partial charge < -0.3 is 10.4 Å². The molecule has 0 aliphatic heterocycles. The van der Waals surface area contributed by atoms with E-state index in [4.69, 9.17) is 11.6 Å². The van der Waals surface area contributed by atoms with E-state index in [0.717, 1.165) is 34.3 Å². The Morgan fingerprint density at radius 1 is 1.27 bits per heavy atom. The molecule has 0 saturated heterocycles. The Morgan fingerprint density at radius 2 is 1.80 bits per heavy atom. The van der Waals surface area contributed by atoms with Gasteiger partial charge in [-0.1, -0.05) is 32.6 Å². The number of nitrogens with zero attached hydrogens (tertiary/aromatic N) is 1. The van der Waals surface area contributed by atoms with Gasteiger partial charge in [-0.05, 0) is 6.42 Å². The van der Waals surface area contributed by atoms with Gasteiger partial charge in [0.25, 0.3) is 0 Å². The molecule has 0 aromatic carbocycles. The number of halogens is 1. The van der Waals surface area contributed by atoms with E-state index in [1.807, 2.05) is 0 Å². The molecule has 0 saturated carbocycles. The second-order valence-corrected chi connectivity index (χ2v) is 5.09. The zero-order chi connectivity index (χ0) is 12.1. The van der Waals surface area contributed by atoms with E-state index in [0.29, 0.717) is 6.42 Å². The fourth-order valence-corrected chi connectivity index (χ4v) is 1.22. The first-order valence-electron chi connectivity index (χ1n) is 5.44. The van der Waals surface area contributed by atoms with Crippen molar-refractivity contribution in [3.05, 3.63) is 10.4 Å². The van der Waals surface area contributed by atoms with Crippen molar-refractivity contribution in [2.75, 3.05) is 0 Å². The van der Waals surface area contributed by atoms with Crippen LogP contribution in [0.2, 0.25) is 11.6 Å². The van der Waals surface area contributed by atoms with E-state index < -0.39 is 10.3 Å². The second kappa shape index (κ2) is 14.1. The summed E-state index contributed by atoms with van der Waals surface area (Å²) in [5.41, 5.74) is 0. The van der Waals surface area contributed by atoms with E-state index in [1.54, 1.807) is 0 Å². The van der Waals surface area contributed by atoms with E-state index in [-0.39, 0.29) is 0 Å². The van der Waals surface area contributed by atoms with Gasteiger partial charge in [0.15, 0.2) is 6.21 Å². The summed E-state index contributed by atoms with van der Waals surface area (Å²) >= 11 is 6.41. The molecule has 15 heavy (non-hydrogen) atoms. The van der Waals surface area contributed by atoms with Crippen LogP contribution in [0.25, 0.3) is 0 Å². The normalized spacial score (nSPS) is 10.7. The fraction of sp³-hybridized carbons (Fsp3) is 0.900. The van der Waals surface area contributed by atoms with Crippen LogP contribution in [0.15, 0.2) is 0 Å². The summed E-state index contributed by atoms with van der Waals surface area (Å²) < 4.78 is 0. The van der Waals surface area contributed by atoms with Crippen molar-refractivity contribution < 1.29 is 4.90 Å². The molecular formula is C10H21AlClNO2. The van der Waals surface area contributed by atoms with Crippen molar-refractivity contribution in [2.24, 2.45) is 0 Å². The molecule has 1 atom stereocenters. The number of rotatable bonds is 6. The standard InChI is InChI=1S/C8H15ClNO2.2CH3.Al/c1-2-3-4-5-6-8(9)7-10(11)12;;;/h7-8H,2-6H2,1H3;2*1H3;/q-1;;;+1. The Hall–Kier alpha value is 0.0925. The fourth-order valence-electron chi connectivity index (χ4n) is 0.973. The Morgan fingerprint density at radius 3 is 2.20 bits per heavy atom. The maximum atomic E-state index is 9.96. The van der Waals surface area contributed by atoms with E-state index in [9.17, 15) is 10.4 Å². The SMILES string of the molecule is CCCCCCC(Cl)C=[N+]([O-])[O-].[CH3][Al+][CH3]. The monoisotopic (exact) mass is 249 g/mol. The van der Waals surface area contributed by atoms with Crippen molar-refractivity contribution in [1.82, 2.24) is 0 Å². The average molecular weight is 250 g/mol. The second-order valence-electron chi connectivity index (χ2n) is 3.38. The Balaban J connectivity index is 0. The van der Waals surface area contributed by atoms with Crippen molar-refractivity contribution >= 4 is 33.0 Å². The Kier molecular flexibility index (Phi) is 16.4. The average Bonchev–Trinajstić information content (AvgIpc) is 2.12. The molecule has 0 bridgehead atoms. The number of hydrogen-bond acceptors (Lipinski definition) is 2. The van der Waals surface area contributed by atoms with Crippen LogP contribution >= 0.6 is 11.6 Å². The third kappa shape index (κ3) is 20.2. The van der Waals surface area contributed by atoms with Gasteiger partial charge in [-0.2, -0.15) is 4.90 Å². The van der Waals surface area contributed by atoms with Crippen molar-refractivity contribution in [1.29, 1.82) is 0 Å². The quantitative estimate of drug-likeness (QED) is 0.181. The zero-order valence-corrected chi connectivity index (χ0v) is 11.8. The minimum absolute atomic E-state index is 0.406. The van der Waals surface area contributed by atoms with Crippen LogP contribution < -0.4 is 0 Å². The summed E-state index contributed by atoms with van der Waals surface area (Å²) in [4.78, 5) is -0.475. The van der Waals surface area contributed by atoms with Gasteiger partial charge >= 0.3 is 26.8 Å². The maximum absolute atomic E-state index is 9.96. The van der Waals surface area contributed by atoms with Crippen molar-refractivity contribution in [3.8, 4) is 0 Å². The summed E-state index contributed by atoms with van der Waals surface area (Å²) in [6, 6.07) is 0. The molecule has 0 spiro atoms. The molecule has 0 radical (unpaired) electrons. The summed E-state index contributed by atoms with van der Waals surface area (Å²) in [5, 5.41) is 19.5. The molecule has 0 aromatic rings. The van der Waals surface area contributed by atoms with Crippen molar-refractivity contribution in [3.63, 3.8) is 0 Å². The predicted octanol–water partition coefficient (Wildman–Crippen LogP) is 3.43. The van der Waals surface area contributed by atoms with Crippen molar-refractivity contribution in [2.45, 2.75) is 56.0 Å². The van der Waals surface area contributed by atoms with Gasteiger partial charge in [-0.3, -0.25) is 0 Å². The van der Waals surface area contributed by atoms with Crippen LogP contribution in [0.1, 0.15) is 39.0 Å². The molecule has 0 aromatic heterocycles. The molecule has 0 aliphatic carbocycles. The van der Waals surface area contributed by atoms with Crippen LogP contribution in [0.3, 0.4) is 0 Å². The molecule has 5 heteroatoms. The van der Waals surface area contributed by atoms with Crippen LogP contribution in [0.4, 0.5) is 0 Å². The number of unbranched alkanes of at least 4 members (excludes halogenated alkanes) is 3. The predicted molar refractivity (Wildman–Crippen MR) is 68.9 cm³/mol. The van der Waals surface area contributed by atoms with Gasteiger partial charge in [0.1, 0.15) is 5.38 Å². The molecule has 0 heterocycles. The van der Waals surface area contributed by atoms with Gasteiger partial charge in [-0.25, -0.2) is 0 Å². The van der Waals surface area contributed by atoms with Crippen LogP contribution in [-0.4, -0.2) is 31.7 Å². The molecule has 0 rings (SSSR count). The Bertz CT molecular complexity index is 152. The molecule has 0 N–H and O–H groups in total. The topological polar surface area (TPSA) is 49.1 Å².